The van der Waals surface area contributed by atoms with Crippen LogP contribution in [0.4, 0.5) is 0 Å². The summed E-state index contributed by atoms with van der Waals surface area (Å²) in [6, 6.07) is 18.7. The van der Waals surface area contributed by atoms with Crippen molar-refractivity contribution in [2.24, 2.45) is 11.8 Å². The van der Waals surface area contributed by atoms with E-state index in [-0.39, 0.29) is 6.10 Å². The van der Waals surface area contributed by atoms with Gasteiger partial charge in [-0.2, -0.15) is 0 Å². The summed E-state index contributed by atoms with van der Waals surface area (Å²) in [4.78, 5) is 5.02. The summed E-state index contributed by atoms with van der Waals surface area (Å²) in [5.41, 5.74) is 1.32. The van der Waals surface area contributed by atoms with E-state index in [4.69, 9.17) is 9.47 Å². The molecule has 0 amide bonds. The van der Waals surface area contributed by atoms with E-state index in [2.05, 4.69) is 34.1 Å². The van der Waals surface area contributed by atoms with Gasteiger partial charge in [0.2, 0.25) is 0 Å². The van der Waals surface area contributed by atoms with E-state index < -0.39 is 0 Å². The van der Waals surface area contributed by atoms with Gasteiger partial charge >= 0.3 is 0 Å². The number of aliphatic hydroxyl groups excluding tert-OH is 1. The van der Waals surface area contributed by atoms with Crippen LogP contribution in [0.1, 0.15) is 18.4 Å². The average molecular weight is 409 g/mol. The standard InChI is InChI=1S/C25H32N2O3/c28-25-15-21-18-26(17-20(21)14-24(25)27-10-12-29-13-11-27)16-19-6-8-23(9-7-19)30-22-4-2-1-3-5-22/h1-9,20-21,24-25,28H,10-18H2/t20-,21+,24-,25-/m1/s1. The molecule has 2 heterocycles. The van der Waals surface area contributed by atoms with Crippen LogP contribution in [0.3, 0.4) is 0 Å². The van der Waals surface area contributed by atoms with Gasteiger partial charge in [-0.3, -0.25) is 9.80 Å². The van der Waals surface area contributed by atoms with Crippen LogP contribution < -0.4 is 4.74 Å². The number of benzene rings is 2. The minimum atomic E-state index is -0.196. The third-order valence-corrected chi connectivity index (χ3v) is 7.01. The highest BCUT2D eigenvalue weighted by atomic mass is 16.5. The zero-order valence-corrected chi connectivity index (χ0v) is 17.5. The van der Waals surface area contributed by atoms with Crippen LogP contribution in [0.25, 0.3) is 0 Å². The third-order valence-electron chi connectivity index (χ3n) is 7.01. The molecule has 0 radical (unpaired) electrons. The molecule has 5 nitrogen and oxygen atoms in total. The van der Waals surface area contributed by atoms with E-state index >= 15 is 0 Å². The van der Waals surface area contributed by atoms with Crippen molar-refractivity contribution in [3.63, 3.8) is 0 Å². The molecule has 5 rings (SSSR count). The lowest BCUT2D eigenvalue weighted by atomic mass is 9.77. The van der Waals surface area contributed by atoms with Gasteiger partial charge in [-0.15, -0.1) is 0 Å². The Morgan fingerprint density at radius 2 is 1.53 bits per heavy atom. The Bertz CT molecular complexity index is 807. The van der Waals surface area contributed by atoms with Crippen LogP contribution in [0, 0.1) is 11.8 Å². The zero-order valence-electron chi connectivity index (χ0n) is 17.5. The molecule has 2 aromatic rings. The smallest absolute Gasteiger partial charge is 0.127 e. The molecule has 30 heavy (non-hydrogen) atoms. The van der Waals surface area contributed by atoms with E-state index in [0.717, 1.165) is 70.3 Å². The number of hydrogen-bond acceptors (Lipinski definition) is 5. The van der Waals surface area contributed by atoms with E-state index in [9.17, 15) is 5.11 Å². The first-order chi connectivity index (χ1) is 14.7. The second kappa shape index (κ2) is 9.06. The van der Waals surface area contributed by atoms with E-state index in [1.807, 2.05) is 30.3 Å². The number of fused-ring (bicyclic) bond motifs is 1. The summed E-state index contributed by atoms with van der Waals surface area (Å²) in [6.07, 6.45) is 1.86. The molecule has 1 aliphatic carbocycles. The van der Waals surface area contributed by atoms with E-state index in [0.29, 0.717) is 17.9 Å². The molecule has 4 atom stereocenters. The van der Waals surface area contributed by atoms with Gasteiger partial charge in [-0.05, 0) is 54.5 Å². The maximum atomic E-state index is 10.8. The number of hydrogen-bond donors (Lipinski definition) is 1. The number of nitrogens with zero attached hydrogens (tertiary/aromatic N) is 2. The Morgan fingerprint density at radius 3 is 2.27 bits per heavy atom. The Hall–Kier alpha value is -1.92. The van der Waals surface area contributed by atoms with Gasteiger partial charge in [-0.1, -0.05) is 30.3 Å². The lowest BCUT2D eigenvalue weighted by Gasteiger charge is -2.43. The molecule has 2 aromatic carbocycles. The van der Waals surface area contributed by atoms with Crippen LogP contribution in [0.15, 0.2) is 54.6 Å². The van der Waals surface area contributed by atoms with E-state index in [1.54, 1.807) is 0 Å². The molecular weight excluding hydrogens is 376 g/mol. The number of morpholine rings is 1. The Morgan fingerprint density at radius 1 is 0.867 bits per heavy atom. The SMILES string of the molecule is O[C@@H]1C[C@H]2CN(Cc3ccc(Oc4ccccc4)cc3)C[C@H]2C[C@H]1N1CCOCC1. The second-order valence-electron chi connectivity index (χ2n) is 9.03. The first-order valence-electron chi connectivity index (χ1n) is 11.3. The zero-order chi connectivity index (χ0) is 20.3. The van der Waals surface area contributed by atoms with Gasteiger partial charge in [0.25, 0.3) is 0 Å². The summed E-state index contributed by atoms with van der Waals surface area (Å²) in [5, 5.41) is 10.8. The molecule has 0 unspecified atom stereocenters. The summed E-state index contributed by atoms with van der Waals surface area (Å²) in [5.74, 6) is 3.05. The fourth-order valence-electron chi connectivity index (χ4n) is 5.48. The Labute approximate surface area is 179 Å². The number of para-hydroxylation sites is 1. The number of ether oxygens (including phenoxy) is 2. The van der Waals surface area contributed by atoms with Gasteiger partial charge in [0.15, 0.2) is 0 Å². The van der Waals surface area contributed by atoms with Crippen molar-refractivity contribution >= 4 is 0 Å². The Balaban J connectivity index is 1.16. The van der Waals surface area contributed by atoms with Crippen molar-refractivity contribution in [3.05, 3.63) is 60.2 Å². The van der Waals surface area contributed by atoms with Crippen molar-refractivity contribution in [2.45, 2.75) is 31.5 Å². The van der Waals surface area contributed by atoms with Gasteiger partial charge in [0, 0.05) is 38.8 Å². The van der Waals surface area contributed by atoms with Crippen molar-refractivity contribution in [2.75, 3.05) is 39.4 Å². The molecule has 0 spiro atoms. The van der Waals surface area contributed by atoms with Crippen LogP contribution in [0.2, 0.25) is 0 Å². The third kappa shape index (κ3) is 4.54. The fourth-order valence-corrected chi connectivity index (χ4v) is 5.48. The predicted molar refractivity (Wildman–Crippen MR) is 117 cm³/mol. The van der Waals surface area contributed by atoms with Crippen LogP contribution in [-0.2, 0) is 11.3 Å². The largest absolute Gasteiger partial charge is 0.457 e. The highest BCUT2D eigenvalue weighted by Crippen LogP contribution is 2.39. The quantitative estimate of drug-likeness (QED) is 0.822. The summed E-state index contributed by atoms with van der Waals surface area (Å²) >= 11 is 0. The van der Waals surface area contributed by atoms with Crippen molar-refractivity contribution < 1.29 is 14.6 Å². The van der Waals surface area contributed by atoms with Gasteiger partial charge in [0.1, 0.15) is 11.5 Å². The molecule has 1 N–H and O–H groups in total. The first kappa shape index (κ1) is 20.0. The summed E-state index contributed by atoms with van der Waals surface area (Å²) in [7, 11) is 0. The molecule has 160 valence electrons. The van der Waals surface area contributed by atoms with Gasteiger partial charge in [-0.25, -0.2) is 0 Å². The van der Waals surface area contributed by atoms with Crippen molar-refractivity contribution in [1.82, 2.24) is 9.80 Å². The summed E-state index contributed by atoms with van der Waals surface area (Å²) < 4.78 is 11.4. The summed E-state index contributed by atoms with van der Waals surface area (Å²) in [6.45, 7) is 6.72. The van der Waals surface area contributed by atoms with Crippen molar-refractivity contribution in [3.8, 4) is 11.5 Å². The number of aliphatic hydroxyl groups is 1. The molecule has 2 saturated heterocycles. The highest BCUT2D eigenvalue weighted by Gasteiger charge is 2.43. The average Bonchev–Trinajstić information content (AvgIpc) is 3.17. The molecule has 0 aromatic heterocycles. The van der Waals surface area contributed by atoms with Crippen LogP contribution in [0.5, 0.6) is 11.5 Å². The minimum Gasteiger partial charge on any atom is -0.457 e. The predicted octanol–water partition coefficient (Wildman–Crippen LogP) is 3.38. The molecule has 3 aliphatic rings. The fraction of sp³-hybridized carbons (Fsp3) is 0.520. The minimum absolute atomic E-state index is 0.196. The van der Waals surface area contributed by atoms with E-state index in [1.165, 1.54) is 5.56 Å². The maximum Gasteiger partial charge on any atom is 0.127 e. The van der Waals surface area contributed by atoms with Crippen LogP contribution in [-0.4, -0.2) is 66.4 Å². The number of likely N-dealkylation sites (tertiary alicyclic amines) is 1. The maximum absolute atomic E-state index is 10.8. The lowest BCUT2D eigenvalue weighted by molar-refractivity contribution is -0.0520. The second-order valence-corrected chi connectivity index (χ2v) is 9.03. The number of rotatable bonds is 5. The molecule has 3 fully saturated rings. The molecule has 5 heteroatoms. The van der Waals surface area contributed by atoms with Crippen LogP contribution >= 0.6 is 0 Å². The monoisotopic (exact) mass is 408 g/mol. The van der Waals surface area contributed by atoms with Gasteiger partial charge < -0.3 is 14.6 Å². The highest BCUT2D eigenvalue weighted by molar-refractivity contribution is 5.33. The first-order valence-corrected chi connectivity index (χ1v) is 11.3. The molecular formula is C25H32N2O3. The lowest BCUT2D eigenvalue weighted by Crippen LogP contribution is -2.53. The van der Waals surface area contributed by atoms with Gasteiger partial charge in [0.05, 0.1) is 19.3 Å². The molecule has 1 saturated carbocycles. The topological polar surface area (TPSA) is 45.2 Å². The van der Waals surface area contributed by atoms with Crippen molar-refractivity contribution in [1.29, 1.82) is 0 Å². The Kier molecular flexibility index (Phi) is 6.05. The molecule has 0 bridgehead atoms. The normalized spacial score (nSPS) is 30.2. The molecule has 2 aliphatic heterocycles.